The molecule has 0 amide bonds. The van der Waals surface area contributed by atoms with Crippen LogP contribution in [0.3, 0.4) is 0 Å². The number of fused-ring (bicyclic) bond motifs is 1. The van der Waals surface area contributed by atoms with Crippen molar-refractivity contribution in [2.45, 2.75) is 20.8 Å². The van der Waals surface area contributed by atoms with E-state index in [0.717, 1.165) is 16.8 Å². The molecular weight excluding hydrogens is 479 g/mol. The molecule has 3 aromatic carbocycles. The number of hydrogen-bond donors (Lipinski definition) is 3. The Morgan fingerprint density at radius 3 is 2.39 bits per heavy atom. The highest BCUT2D eigenvalue weighted by molar-refractivity contribution is 7.80. The molecule has 0 fully saturated rings. The van der Waals surface area contributed by atoms with Gasteiger partial charge in [-0.1, -0.05) is 6.07 Å². The summed E-state index contributed by atoms with van der Waals surface area (Å²) < 4.78 is 15.9. The predicted molar refractivity (Wildman–Crippen MR) is 144 cm³/mol. The number of aromatic nitrogens is 1. The van der Waals surface area contributed by atoms with Gasteiger partial charge in [-0.3, -0.25) is 9.99 Å². The van der Waals surface area contributed by atoms with Gasteiger partial charge >= 0.3 is 5.97 Å². The van der Waals surface area contributed by atoms with E-state index in [1.54, 1.807) is 41.6 Å². The molecule has 0 spiro atoms. The average Bonchev–Trinajstić information content (AvgIpc) is 3.14. The number of aryl methyl sites for hydroxylation is 2. The number of aromatic carboxylic acids is 1. The largest absolute Gasteiger partial charge is 0.494 e. The van der Waals surface area contributed by atoms with Crippen LogP contribution in [0.5, 0.6) is 5.88 Å². The third kappa shape index (κ3) is 4.65. The number of anilines is 1. The second kappa shape index (κ2) is 9.79. The highest BCUT2D eigenvalue weighted by Gasteiger charge is 2.21. The van der Waals surface area contributed by atoms with Crippen molar-refractivity contribution < 1.29 is 19.4 Å². The molecule has 3 N–H and O–H groups in total. The highest BCUT2D eigenvalue weighted by atomic mass is 32.1. The monoisotopic (exact) mass is 504 g/mol. The van der Waals surface area contributed by atoms with Crippen molar-refractivity contribution in [3.63, 3.8) is 0 Å². The van der Waals surface area contributed by atoms with Crippen molar-refractivity contribution in [1.82, 2.24) is 9.99 Å². The number of hydrazone groups is 1. The van der Waals surface area contributed by atoms with E-state index < -0.39 is 11.8 Å². The van der Waals surface area contributed by atoms with Crippen molar-refractivity contribution in [2.75, 3.05) is 11.9 Å². The summed E-state index contributed by atoms with van der Waals surface area (Å²) >= 11 is 5.43. The molecule has 4 aromatic rings. The number of benzene rings is 3. The van der Waals surface area contributed by atoms with Crippen molar-refractivity contribution in [3.05, 3.63) is 88.7 Å². The lowest BCUT2D eigenvalue weighted by Crippen LogP contribution is -2.34. The van der Waals surface area contributed by atoms with Gasteiger partial charge in [0, 0.05) is 23.8 Å². The van der Waals surface area contributed by atoms with Gasteiger partial charge in [-0.25, -0.2) is 9.18 Å². The fourth-order valence-electron chi connectivity index (χ4n) is 3.94. The van der Waals surface area contributed by atoms with Crippen LogP contribution in [0.15, 0.2) is 65.8 Å². The van der Waals surface area contributed by atoms with Gasteiger partial charge in [-0.05, 0) is 98.7 Å². The van der Waals surface area contributed by atoms with Crippen LogP contribution >= 0.6 is 12.2 Å². The minimum Gasteiger partial charge on any atom is -0.494 e. The first-order chi connectivity index (χ1) is 17.1. The minimum atomic E-state index is -1.01. The standard InChI is InChI=1S/C27H25FN4O3S/c1-15-5-9-21(13-16(15)2)32-23-12-8-19(28)14-22(23)24(25(32)33)17(3)29-30-27(36)31(4)20-10-6-18(7-11-20)26(34)35/h5-14,33H,1-4H3,(H,30,36)(H,34,35)/b29-17+. The van der Waals surface area contributed by atoms with Gasteiger partial charge in [0.2, 0.25) is 5.88 Å². The predicted octanol–water partition coefficient (Wildman–Crippen LogP) is 5.53. The van der Waals surface area contributed by atoms with E-state index in [2.05, 4.69) is 10.5 Å². The van der Waals surface area contributed by atoms with Crippen molar-refractivity contribution in [2.24, 2.45) is 5.10 Å². The summed E-state index contributed by atoms with van der Waals surface area (Å²) in [6.45, 7) is 5.70. The summed E-state index contributed by atoms with van der Waals surface area (Å²) in [5.41, 5.74) is 8.00. The molecule has 0 saturated heterocycles. The Morgan fingerprint density at radius 2 is 1.75 bits per heavy atom. The van der Waals surface area contributed by atoms with Gasteiger partial charge in [0.1, 0.15) is 5.82 Å². The molecule has 184 valence electrons. The molecule has 0 aliphatic rings. The zero-order valence-electron chi connectivity index (χ0n) is 20.2. The second-order valence-corrected chi connectivity index (χ2v) is 8.88. The van der Waals surface area contributed by atoms with Crippen molar-refractivity contribution in [3.8, 4) is 11.6 Å². The number of nitrogens with one attached hydrogen (secondary N) is 1. The quantitative estimate of drug-likeness (QED) is 0.188. The van der Waals surface area contributed by atoms with E-state index in [9.17, 15) is 14.3 Å². The lowest BCUT2D eigenvalue weighted by atomic mass is 10.1. The number of nitrogens with zero attached hydrogens (tertiary/aromatic N) is 3. The summed E-state index contributed by atoms with van der Waals surface area (Å²) in [7, 11) is 1.72. The molecule has 0 unspecified atom stereocenters. The molecule has 7 nitrogen and oxygen atoms in total. The Kier molecular flexibility index (Phi) is 6.76. The maximum Gasteiger partial charge on any atom is 0.335 e. The third-order valence-corrected chi connectivity index (χ3v) is 6.51. The van der Waals surface area contributed by atoms with Crippen molar-refractivity contribution in [1.29, 1.82) is 0 Å². The molecule has 1 heterocycles. The van der Waals surface area contributed by atoms with Gasteiger partial charge in [0.25, 0.3) is 0 Å². The number of carbonyl (C=O) groups is 1. The van der Waals surface area contributed by atoms with Gasteiger partial charge in [-0.2, -0.15) is 5.10 Å². The Balaban J connectivity index is 1.69. The van der Waals surface area contributed by atoms with E-state index in [1.165, 1.54) is 24.3 Å². The lowest BCUT2D eigenvalue weighted by molar-refractivity contribution is 0.0697. The Hall–Kier alpha value is -4.24. The van der Waals surface area contributed by atoms with Crippen LogP contribution in [0.2, 0.25) is 0 Å². The van der Waals surface area contributed by atoms with Crippen molar-refractivity contribution >= 4 is 45.6 Å². The number of hydrogen-bond acceptors (Lipinski definition) is 4. The van der Waals surface area contributed by atoms with E-state index in [4.69, 9.17) is 17.3 Å². The molecular formula is C27H25FN4O3S. The summed E-state index contributed by atoms with van der Waals surface area (Å²) in [6, 6.07) is 16.4. The molecule has 0 aliphatic carbocycles. The van der Waals surface area contributed by atoms with E-state index >= 15 is 0 Å². The van der Waals surface area contributed by atoms with Crippen LogP contribution in [0.1, 0.15) is 34.0 Å². The van der Waals surface area contributed by atoms with Crippen LogP contribution < -0.4 is 10.3 Å². The van der Waals surface area contributed by atoms with Crippen LogP contribution in [-0.4, -0.2) is 38.6 Å². The summed E-state index contributed by atoms with van der Waals surface area (Å²) in [5, 5.41) is 25.5. The normalized spacial score (nSPS) is 11.5. The first kappa shape index (κ1) is 24.9. The zero-order valence-corrected chi connectivity index (χ0v) is 21.0. The number of rotatable bonds is 5. The molecule has 0 atom stereocenters. The van der Waals surface area contributed by atoms with Gasteiger partial charge in [0.15, 0.2) is 5.11 Å². The minimum absolute atomic E-state index is 0.0644. The van der Waals surface area contributed by atoms with Crippen LogP contribution in [0, 0.1) is 19.7 Å². The molecule has 36 heavy (non-hydrogen) atoms. The van der Waals surface area contributed by atoms with Gasteiger partial charge in [-0.15, -0.1) is 0 Å². The van der Waals surface area contributed by atoms with Crippen LogP contribution in [-0.2, 0) is 0 Å². The molecule has 0 bridgehead atoms. The average molecular weight is 505 g/mol. The second-order valence-electron chi connectivity index (χ2n) is 8.49. The Labute approximate surface area is 213 Å². The highest BCUT2D eigenvalue weighted by Crippen LogP contribution is 2.35. The van der Waals surface area contributed by atoms with E-state index in [0.29, 0.717) is 27.9 Å². The van der Waals surface area contributed by atoms with Gasteiger partial charge in [0.05, 0.1) is 22.4 Å². The number of thiocarbonyl (C=S) groups is 1. The van der Waals surface area contributed by atoms with E-state index in [-0.39, 0.29) is 16.6 Å². The summed E-state index contributed by atoms with van der Waals surface area (Å²) in [4.78, 5) is 12.7. The smallest absolute Gasteiger partial charge is 0.335 e. The topological polar surface area (TPSA) is 90.1 Å². The third-order valence-electron chi connectivity index (χ3n) is 6.14. The van der Waals surface area contributed by atoms with E-state index in [1.807, 2.05) is 32.0 Å². The fraction of sp³-hybridized carbons (Fsp3) is 0.148. The molecule has 4 rings (SSSR count). The number of halogens is 1. The Bertz CT molecular complexity index is 1530. The number of carboxylic acid groups (broad SMARTS) is 1. The summed E-state index contributed by atoms with van der Waals surface area (Å²) in [6.07, 6.45) is 0. The molecule has 9 heteroatoms. The summed E-state index contributed by atoms with van der Waals surface area (Å²) in [5.74, 6) is -1.51. The first-order valence-electron chi connectivity index (χ1n) is 11.1. The first-order valence-corrected chi connectivity index (χ1v) is 11.5. The fourth-order valence-corrected chi connectivity index (χ4v) is 4.09. The van der Waals surface area contributed by atoms with Crippen LogP contribution in [0.4, 0.5) is 10.1 Å². The zero-order chi connectivity index (χ0) is 26.1. The number of carboxylic acids is 1. The molecule has 0 saturated carbocycles. The van der Waals surface area contributed by atoms with Gasteiger partial charge < -0.3 is 15.1 Å². The lowest BCUT2D eigenvalue weighted by Gasteiger charge is -2.19. The number of aromatic hydroxyl groups is 1. The molecule has 0 aliphatic heterocycles. The van der Waals surface area contributed by atoms with Crippen LogP contribution in [0.25, 0.3) is 16.6 Å². The molecule has 1 aromatic heterocycles. The molecule has 0 radical (unpaired) electrons. The Morgan fingerprint density at radius 1 is 1.06 bits per heavy atom. The SMILES string of the molecule is C/C(=N\NC(=S)N(C)c1ccc(C(=O)O)cc1)c1c(O)n(-c2ccc(C)c(C)c2)c2ccc(F)cc12. The maximum atomic E-state index is 14.2. The maximum absolute atomic E-state index is 14.2.